The van der Waals surface area contributed by atoms with Gasteiger partial charge in [-0.15, -0.1) is 0 Å². The Balaban J connectivity index is 2.33. The van der Waals surface area contributed by atoms with Crippen LogP contribution in [0.25, 0.3) is 10.8 Å². The van der Waals surface area contributed by atoms with E-state index in [0.717, 1.165) is 12.5 Å². The fraction of sp³-hybridized carbons (Fsp3) is 0.240. The van der Waals surface area contributed by atoms with Crippen molar-refractivity contribution in [3.05, 3.63) is 65.7 Å². The average molecular weight is 435 g/mol. The molecule has 1 amide bonds. The molecule has 0 radical (unpaired) electrons. The summed E-state index contributed by atoms with van der Waals surface area (Å²) in [6.07, 6.45) is 0. The number of esters is 1. The number of nitrogens with one attached hydrogen (secondary N) is 1. The van der Waals surface area contributed by atoms with Gasteiger partial charge in [0.25, 0.3) is 11.5 Å². The number of carbonyl (C=O) groups excluding carboxylic acids is 3. The molecule has 7 heteroatoms. The van der Waals surface area contributed by atoms with Crippen molar-refractivity contribution >= 4 is 34.1 Å². The molecular formula is C25H25NO6. The zero-order valence-corrected chi connectivity index (χ0v) is 18.6. The van der Waals surface area contributed by atoms with Crippen molar-refractivity contribution in [2.24, 2.45) is 0 Å². The quantitative estimate of drug-likeness (QED) is 0.443. The summed E-state index contributed by atoms with van der Waals surface area (Å²) in [5.74, 6) is -1.54. The van der Waals surface area contributed by atoms with Gasteiger partial charge in [-0.05, 0) is 55.0 Å². The molecule has 0 aliphatic rings. The number of Topliss-reactive ketones (excluding diaryl/α,β-unsaturated/α-hetero) is 1. The fourth-order valence-corrected chi connectivity index (χ4v) is 3.63. The highest BCUT2D eigenvalue weighted by atomic mass is 16.6. The van der Waals surface area contributed by atoms with E-state index < -0.39 is 23.3 Å². The van der Waals surface area contributed by atoms with Crippen molar-refractivity contribution in [1.82, 2.24) is 0 Å². The van der Waals surface area contributed by atoms with Gasteiger partial charge in [0, 0.05) is 12.6 Å². The molecule has 0 aliphatic carbocycles. The summed E-state index contributed by atoms with van der Waals surface area (Å²) in [7, 11) is 2.93. The van der Waals surface area contributed by atoms with Gasteiger partial charge in [-0.2, -0.15) is 0 Å². The first-order valence-electron chi connectivity index (χ1n) is 9.97. The standard InChI is InChI=1S/C25H25NO6/c1-15-6-10-19(11-7-15)26-24(29)25(16(2)27,32-17(3)28)23-21-14-20(30-4)12-8-18(21)9-13-22(23)31-5/h6-14H,1-5H3,(H,26,29). The van der Waals surface area contributed by atoms with Crippen molar-refractivity contribution < 1.29 is 28.6 Å². The smallest absolute Gasteiger partial charge is 0.304 e. The summed E-state index contributed by atoms with van der Waals surface area (Å²) in [4.78, 5) is 39.0. The van der Waals surface area contributed by atoms with Gasteiger partial charge in [0.15, 0.2) is 5.78 Å². The lowest BCUT2D eigenvalue weighted by Crippen LogP contribution is -2.49. The van der Waals surface area contributed by atoms with Gasteiger partial charge in [0.1, 0.15) is 11.5 Å². The second-order valence-corrected chi connectivity index (χ2v) is 7.38. The number of aryl methyl sites for hydroxylation is 1. The van der Waals surface area contributed by atoms with Crippen LogP contribution >= 0.6 is 0 Å². The van der Waals surface area contributed by atoms with E-state index in [4.69, 9.17) is 14.2 Å². The van der Waals surface area contributed by atoms with E-state index in [1.807, 2.05) is 19.1 Å². The van der Waals surface area contributed by atoms with E-state index in [9.17, 15) is 14.4 Å². The number of carbonyl (C=O) groups is 3. The molecule has 32 heavy (non-hydrogen) atoms. The molecule has 0 aliphatic heterocycles. The molecule has 3 aromatic rings. The lowest BCUT2D eigenvalue weighted by atomic mass is 9.84. The van der Waals surface area contributed by atoms with E-state index in [-0.39, 0.29) is 11.3 Å². The molecular weight excluding hydrogens is 410 g/mol. The van der Waals surface area contributed by atoms with E-state index in [0.29, 0.717) is 22.2 Å². The third-order valence-electron chi connectivity index (χ3n) is 5.18. The summed E-state index contributed by atoms with van der Waals surface area (Å²) in [6.45, 7) is 4.27. The Hall–Kier alpha value is -3.87. The van der Waals surface area contributed by atoms with Crippen LogP contribution < -0.4 is 14.8 Å². The van der Waals surface area contributed by atoms with Gasteiger partial charge >= 0.3 is 5.97 Å². The SMILES string of the molecule is COc1ccc2ccc(OC)c(C(OC(C)=O)(C(C)=O)C(=O)Nc3ccc(C)cc3)c2c1. The van der Waals surface area contributed by atoms with Gasteiger partial charge in [0.05, 0.1) is 19.8 Å². The van der Waals surface area contributed by atoms with Gasteiger partial charge in [-0.1, -0.05) is 29.8 Å². The fourth-order valence-electron chi connectivity index (χ4n) is 3.63. The third kappa shape index (κ3) is 4.14. The Bertz CT molecular complexity index is 1180. The molecule has 3 rings (SSSR count). The molecule has 0 spiro atoms. The number of ketones is 1. The van der Waals surface area contributed by atoms with Gasteiger partial charge < -0.3 is 19.5 Å². The Morgan fingerprint density at radius 2 is 1.53 bits per heavy atom. The monoisotopic (exact) mass is 435 g/mol. The van der Waals surface area contributed by atoms with Crippen LogP contribution in [0.2, 0.25) is 0 Å². The van der Waals surface area contributed by atoms with Crippen LogP contribution in [0, 0.1) is 6.92 Å². The zero-order chi connectivity index (χ0) is 23.5. The number of hydrogen-bond acceptors (Lipinski definition) is 6. The van der Waals surface area contributed by atoms with E-state index in [1.165, 1.54) is 21.1 Å². The summed E-state index contributed by atoms with van der Waals surface area (Å²) < 4.78 is 16.4. The maximum atomic E-state index is 13.7. The van der Waals surface area contributed by atoms with Crippen molar-refractivity contribution in [3.8, 4) is 11.5 Å². The molecule has 1 unspecified atom stereocenters. The molecule has 0 heterocycles. The topological polar surface area (TPSA) is 90.9 Å². The minimum atomic E-state index is -2.28. The minimum absolute atomic E-state index is 0.128. The largest absolute Gasteiger partial charge is 0.497 e. The lowest BCUT2D eigenvalue weighted by Gasteiger charge is -2.32. The molecule has 7 nitrogen and oxygen atoms in total. The van der Waals surface area contributed by atoms with Crippen molar-refractivity contribution in [3.63, 3.8) is 0 Å². The number of rotatable bonds is 7. The number of methoxy groups -OCH3 is 2. The maximum absolute atomic E-state index is 13.7. The summed E-state index contributed by atoms with van der Waals surface area (Å²) in [5.41, 5.74) is -0.698. The predicted molar refractivity (Wildman–Crippen MR) is 121 cm³/mol. The van der Waals surface area contributed by atoms with E-state index in [1.54, 1.807) is 42.5 Å². The number of hydrogen-bond donors (Lipinski definition) is 1. The minimum Gasteiger partial charge on any atom is -0.497 e. The van der Waals surface area contributed by atoms with Gasteiger partial charge in [-0.3, -0.25) is 14.4 Å². The maximum Gasteiger partial charge on any atom is 0.304 e. The summed E-state index contributed by atoms with van der Waals surface area (Å²) in [5, 5.41) is 3.91. The second-order valence-electron chi connectivity index (χ2n) is 7.38. The molecule has 1 atom stereocenters. The van der Waals surface area contributed by atoms with Gasteiger partial charge in [-0.25, -0.2) is 0 Å². The number of anilines is 1. The molecule has 3 aromatic carbocycles. The molecule has 0 fully saturated rings. The normalized spacial score (nSPS) is 12.5. The first kappa shape index (κ1) is 22.8. The number of fused-ring (bicyclic) bond motifs is 1. The van der Waals surface area contributed by atoms with E-state index >= 15 is 0 Å². The van der Waals surface area contributed by atoms with Crippen LogP contribution in [0.15, 0.2) is 54.6 Å². The molecule has 166 valence electrons. The first-order valence-corrected chi connectivity index (χ1v) is 9.97. The molecule has 0 bridgehead atoms. The summed E-state index contributed by atoms with van der Waals surface area (Å²) >= 11 is 0. The Morgan fingerprint density at radius 1 is 0.875 bits per heavy atom. The average Bonchev–Trinajstić information content (AvgIpc) is 2.77. The molecule has 0 saturated carbocycles. The Kier molecular flexibility index (Phi) is 6.48. The molecule has 0 saturated heterocycles. The van der Waals surface area contributed by atoms with E-state index in [2.05, 4.69) is 5.32 Å². The Labute approximate surface area is 186 Å². The number of amides is 1. The Morgan fingerprint density at radius 3 is 2.09 bits per heavy atom. The van der Waals surface area contributed by atoms with Crippen molar-refractivity contribution in [2.75, 3.05) is 19.5 Å². The van der Waals surface area contributed by atoms with Crippen molar-refractivity contribution in [2.45, 2.75) is 26.4 Å². The van der Waals surface area contributed by atoms with Crippen LogP contribution in [0.4, 0.5) is 5.69 Å². The van der Waals surface area contributed by atoms with Crippen LogP contribution in [0.5, 0.6) is 11.5 Å². The highest BCUT2D eigenvalue weighted by Crippen LogP contribution is 2.42. The highest BCUT2D eigenvalue weighted by Gasteiger charge is 2.51. The van der Waals surface area contributed by atoms with Crippen LogP contribution in [0.3, 0.4) is 0 Å². The molecule has 1 N–H and O–H groups in total. The zero-order valence-electron chi connectivity index (χ0n) is 18.6. The van der Waals surface area contributed by atoms with Gasteiger partial charge in [0.2, 0.25) is 0 Å². The predicted octanol–water partition coefficient (Wildman–Crippen LogP) is 4.15. The third-order valence-corrected chi connectivity index (χ3v) is 5.18. The lowest BCUT2D eigenvalue weighted by molar-refractivity contribution is -0.171. The first-order chi connectivity index (χ1) is 15.2. The summed E-state index contributed by atoms with van der Waals surface area (Å²) in [6, 6.07) is 15.7. The molecule has 0 aromatic heterocycles. The number of ether oxygens (including phenoxy) is 3. The highest BCUT2D eigenvalue weighted by molar-refractivity contribution is 6.18. The second kappa shape index (κ2) is 9.09. The van der Waals surface area contributed by atoms with Crippen LogP contribution in [-0.2, 0) is 24.7 Å². The number of benzene rings is 3. The van der Waals surface area contributed by atoms with Crippen LogP contribution in [0.1, 0.15) is 25.0 Å². The van der Waals surface area contributed by atoms with Crippen LogP contribution in [-0.4, -0.2) is 31.9 Å². The van der Waals surface area contributed by atoms with Crippen molar-refractivity contribution in [1.29, 1.82) is 0 Å².